The molecule has 21 heavy (non-hydrogen) atoms. The minimum absolute atomic E-state index is 0.329. The summed E-state index contributed by atoms with van der Waals surface area (Å²) < 4.78 is 0. The van der Waals surface area contributed by atoms with Crippen molar-refractivity contribution in [2.75, 3.05) is 38.6 Å². The lowest BCUT2D eigenvalue weighted by Gasteiger charge is -2.33. The van der Waals surface area contributed by atoms with Crippen molar-refractivity contribution < 1.29 is 0 Å². The van der Waals surface area contributed by atoms with E-state index in [4.69, 9.17) is 11.6 Å². The van der Waals surface area contributed by atoms with Gasteiger partial charge in [0, 0.05) is 25.2 Å². The minimum atomic E-state index is 0.329. The molecule has 0 spiro atoms. The number of nitrogens with one attached hydrogen (secondary N) is 1. The lowest BCUT2D eigenvalue weighted by molar-refractivity contribution is 0.373. The zero-order valence-electron chi connectivity index (χ0n) is 14.3. The minimum Gasteiger partial charge on any atom is -0.367 e. The molecule has 1 rings (SSSR count). The van der Waals surface area contributed by atoms with E-state index in [1.54, 1.807) is 0 Å². The molecule has 1 N–H and O–H groups in total. The molecule has 1 aromatic rings. The zero-order valence-corrected chi connectivity index (χ0v) is 15.0. The third-order valence-corrected chi connectivity index (χ3v) is 4.10. The van der Waals surface area contributed by atoms with Crippen LogP contribution < -0.4 is 10.2 Å². The highest BCUT2D eigenvalue weighted by Gasteiger charge is 2.17. The molecule has 0 aliphatic heterocycles. The highest BCUT2D eigenvalue weighted by Crippen LogP contribution is 2.30. The number of hydrogen-bond acceptors (Lipinski definition) is 3. The summed E-state index contributed by atoms with van der Waals surface area (Å²) in [6, 6.07) is 7.19. The molecule has 0 heterocycles. The van der Waals surface area contributed by atoms with Gasteiger partial charge in [-0.15, -0.1) is 0 Å². The topological polar surface area (TPSA) is 18.5 Å². The van der Waals surface area contributed by atoms with E-state index < -0.39 is 0 Å². The summed E-state index contributed by atoms with van der Waals surface area (Å²) in [7, 11) is 4.21. The van der Waals surface area contributed by atoms with Crippen LogP contribution in [0, 0.1) is 0 Å². The summed E-state index contributed by atoms with van der Waals surface area (Å²) in [6.45, 7) is 11.6. The summed E-state index contributed by atoms with van der Waals surface area (Å²) in [6.07, 6.45) is 0. The number of anilines is 1. The molecule has 0 radical (unpaired) electrons. The molecule has 0 saturated carbocycles. The lowest BCUT2D eigenvalue weighted by atomic mass is 10.1. The standard InChI is InChI=1S/C17H30ClN3/c1-7-19-14(4)15-9-10-17(16(18)11-15)21(8-2)13(3)12-20(5)6/h9-11,13-14,19H,7-8,12H2,1-6H3. The van der Waals surface area contributed by atoms with Gasteiger partial charge in [-0.25, -0.2) is 0 Å². The second kappa shape index (κ2) is 8.62. The van der Waals surface area contributed by atoms with E-state index in [1.165, 1.54) is 5.56 Å². The highest BCUT2D eigenvalue weighted by atomic mass is 35.5. The van der Waals surface area contributed by atoms with Gasteiger partial charge in [-0.2, -0.15) is 0 Å². The predicted octanol–water partition coefficient (Wildman–Crippen LogP) is 3.79. The summed E-state index contributed by atoms with van der Waals surface area (Å²) in [5.74, 6) is 0. The van der Waals surface area contributed by atoms with Crippen molar-refractivity contribution in [2.45, 2.75) is 39.8 Å². The monoisotopic (exact) mass is 311 g/mol. The third-order valence-electron chi connectivity index (χ3n) is 3.79. The van der Waals surface area contributed by atoms with Crippen molar-refractivity contribution in [3.63, 3.8) is 0 Å². The van der Waals surface area contributed by atoms with E-state index in [0.29, 0.717) is 12.1 Å². The Labute approximate surface area is 135 Å². The van der Waals surface area contributed by atoms with Crippen LogP contribution in [0.3, 0.4) is 0 Å². The number of hydrogen-bond donors (Lipinski definition) is 1. The fraction of sp³-hybridized carbons (Fsp3) is 0.647. The first-order chi connectivity index (χ1) is 9.90. The lowest BCUT2D eigenvalue weighted by Crippen LogP contribution is -2.40. The number of nitrogens with zero attached hydrogens (tertiary/aromatic N) is 2. The van der Waals surface area contributed by atoms with E-state index in [2.05, 4.69) is 75.1 Å². The summed E-state index contributed by atoms with van der Waals surface area (Å²) >= 11 is 6.54. The third kappa shape index (κ3) is 5.17. The maximum Gasteiger partial charge on any atom is 0.0643 e. The number of halogens is 1. The predicted molar refractivity (Wildman–Crippen MR) is 94.6 cm³/mol. The van der Waals surface area contributed by atoms with Crippen LogP contribution in [-0.4, -0.2) is 44.7 Å². The van der Waals surface area contributed by atoms with E-state index >= 15 is 0 Å². The van der Waals surface area contributed by atoms with Crippen molar-refractivity contribution >= 4 is 17.3 Å². The molecule has 3 nitrogen and oxygen atoms in total. The first-order valence-electron chi connectivity index (χ1n) is 7.84. The molecule has 120 valence electrons. The van der Waals surface area contributed by atoms with Crippen LogP contribution in [0.15, 0.2) is 18.2 Å². The van der Waals surface area contributed by atoms with Gasteiger partial charge in [-0.1, -0.05) is 24.6 Å². The van der Waals surface area contributed by atoms with Crippen LogP contribution >= 0.6 is 11.6 Å². The maximum atomic E-state index is 6.54. The Morgan fingerprint density at radius 1 is 1.19 bits per heavy atom. The average Bonchev–Trinajstić information content (AvgIpc) is 2.40. The van der Waals surface area contributed by atoms with Crippen LogP contribution in [0.5, 0.6) is 0 Å². The Hall–Kier alpha value is -0.770. The molecule has 0 aliphatic rings. The maximum absolute atomic E-state index is 6.54. The van der Waals surface area contributed by atoms with Crippen LogP contribution in [0.1, 0.15) is 39.3 Å². The Morgan fingerprint density at radius 2 is 1.86 bits per heavy atom. The van der Waals surface area contributed by atoms with Gasteiger partial charge >= 0.3 is 0 Å². The van der Waals surface area contributed by atoms with E-state index in [0.717, 1.165) is 30.3 Å². The van der Waals surface area contributed by atoms with Crippen molar-refractivity contribution in [3.05, 3.63) is 28.8 Å². The second-order valence-electron chi connectivity index (χ2n) is 5.89. The molecular formula is C17H30ClN3. The molecule has 0 fully saturated rings. The summed E-state index contributed by atoms with van der Waals surface area (Å²) in [4.78, 5) is 4.58. The Balaban J connectivity index is 2.96. The fourth-order valence-electron chi connectivity index (χ4n) is 2.80. The molecule has 2 atom stereocenters. The van der Waals surface area contributed by atoms with Gasteiger partial charge < -0.3 is 15.1 Å². The fourth-order valence-corrected chi connectivity index (χ4v) is 3.09. The van der Waals surface area contributed by atoms with E-state index in [1.807, 2.05) is 0 Å². The number of likely N-dealkylation sites (N-methyl/N-ethyl adjacent to an activating group) is 2. The second-order valence-corrected chi connectivity index (χ2v) is 6.29. The van der Waals surface area contributed by atoms with Gasteiger partial charge in [0.05, 0.1) is 10.7 Å². The Kier molecular flexibility index (Phi) is 7.50. The Morgan fingerprint density at radius 3 is 2.33 bits per heavy atom. The molecule has 2 unspecified atom stereocenters. The first-order valence-corrected chi connectivity index (χ1v) is 8.22. The molecule has 1 aromatic carbocycles. The smallest absolute Gasteiger partial charge is 0.0643 e. The van der Waals surface area contributed by atoms with Crippen molar-refractivity contribution in [1.82, 2.24) is 10.2 Å². The van der Waals surface area contributed by atoms with Gasteiger partial charge in [-0.05, 0) is 59.1 Å². The molecule has 4 heteroatoms. The largest absolute Gasteiger partial charge is 0.367 e. The van der Waals surface area contributed by atoms with Crippen molar-refractivity contribution in [3.8, 4) is 0 Å². The van der Waals surface area contributed by atoms with Crippen LogP contribution in [0.2, 0.25) is 5.02 Å². The SMILES string of the molecule is CCNC(C)c1ccc(N(CC)C(C)CN(C)C)c(Cl)c1. The van der Waals surface area contributed by atoms with Crippen LogP contribution in [-0.2, 0) is 0 Å². The summed E-state index contributed by atoms with van der Waals surface area (Å²) in [5, 5.41) is 4.26. The van der Waals surface area contributed by atoms with Crippen LogP contribution in [0.4, 0.5) is 5.69 Å². The molecular weight excluding hydrogens is 282 g/mol. The molecule has 0 bridgehead atoms. The number of benzene rings is 1. The van der Waals surface area contributed by atoms with Gasteiger partial charge in [0.1, 0.15) is 0 Å². The van der Waals surface area contributed by atoms with E-state index in [-0.39, 0.29) is 0 Å². The van der Waals surface area contributed by atoms with Gasteiger partial charge in [0.25, 0.3) is 0 Å². The van der Waals surface area contributed by atoms with Gasteiger partial charge in [0.15, 0.2) is 0 Å². The average molecular weight is 312 g/mol. The molecule has 0 aromatic heterocycles. The van der Waals surface area contributed by atoms with E-state index in [9.17, 15) is 0 Å². The van der Waals surface area contributed by atoms with Crippen molar-refractivity contribution in [1.29, 1.82) is 0 Å². The van der Waals surface area contributed by atoms with Gasteiger partial charge in [0.2, 0.25) is 0 Å². The highest BCUT2D eigenvalue weighted by molar-refractivity contribution is 6.33. The van der Waals surface area contributed by atoms with Crippen LogP contribution in [0.25, 0.3) is 0 Å². The quantitative estimate of drug-likeness (QED) is 0.788. The molecule has 0 saturated heterocycles. The zero-order chi connectivity index (χ0) is 16.0. The number of rotatable bonds is 8. The molecule has 0 amide bonds. The van der Waals surface area contributed by atoms with Crippen molar-refractivity contribution in [2.24, 2.45) is 0 Å². The summed E-state index contributed by atoms with van der Waals surface area (Å²) in [5.41, 5.74) is 2.36. The Bertz CT molecular complexity index is 434. The normalized spacial score (nSPS) is 14.3. The van der Waals surface area contributed by atoms with Gasteiger partial charge in [-0.3, -0.25) is 0 Å². The molecule has 0 aliphatic carbocycles. The first kappa shape index (κ1) is 18.3.